The molecule has 0 unspecified atom stereocenters. The number of nitrogens with one attached hydrogen (secondary N) is 2. The first-order valence-corrected chi connectivity index (χ1v) is 31.8. The summed E-state index contributed by atoms with van der Waals surface area (Å²) in [5.74, 6) is 1.08. The molecule has 0 spiro atoms. The lowest BCUT2D eigenvalue weighted by molar-refractivity contribution is -0.138. The SMILES string of the molecule is COc1cc(-c2c3nc(cc4[nH]c(c(-c5cc(OC)c(OCCCCCC(=O)O)c(OC)c5)c5nc(cc6[nH]c2c2cc7ccccc7cc62)-c2cc6ccccc6cc2-5)c2cc5ccccc5cc42)-c2cc4ccccc4cc2-3)cc(OC)c1OCCCCCC(=O)O. The summed E-state index contributed by atoms with van der Waals surface area (Å²) in [6.45, 7) is 0.652. The quantitative estimate of drug-likeness (QED) is 0.0530. The molecule has 0 fully saturated rings. The molecule has 2 aliphatic rings. The Hall–Kier alpha value is -11.4. The van der Waals surface area contributed by atoms with E-state index in [4.69, 9.17) is 38.4 Å². The fourth-order valence-corrected chi connectivity index (χ4v) is 13.7. The number of rotatable bonds is 20. The lowest BCUT2D eigenvalue weighted by Crippen LogP contribution is -2.03. The van der Waals surface area contributed by atoms with Crippen LogP contribution in [0.15, 0.2) is 182 Å². The number of carboxylic acid groups (broad SMARTS) is 2. The Morgan fingerprint density at radius 3 is 1.00 bits per heavy atom. The van der Waals surface area contributed by atoms with Crippen LogP contribution in [-0.2, 0) is 9.59 Å². The third-order valence-corrected chi connectivity index (χ3v) is 18.3. The third-order valence-electron chi connectivity index (χ3n) is 18.3. The second-order valence-corrected chi connectivity index (χ2v) is 24.1. The number of fused-ring (bicyclic) bond motifs is 24. The van der Waals surface area contributed by atoms with Gasteiger partial charge in [-0.05, 0) is 178 Å². The van der Waals surface area contributed by atoms with Gasteiger partial charge in [0, 0.05) is 78.8 Å². The Morgan fingerprint density at radius 1 is 0.372 bits per heavy atom. The van der Waals surface area contributed by atoms with E-state index in [1.807, 2.05) is 24.3 Å². The standard InChI is InChI=1S/C80H66N4O10/c1-89-67-39-53(40-68(90-2)79(67)93-29-17-5-7-27-71(85)86)73-75-59-35-49-23-13-9-19-45(49)31-55(59)63(81-75)43-65-57-33-47-21-11-15-25-51(47)37-61(57)77(83-65)74(54-41-69(91-3)80(70(42-54)92-4)94-30-18-6-8-28-72(87)88)78-62-38-52-26-16-12-22-48(52)34-58(62)66(84-78)44-64-56-32-46-20-10-14-24-50(46)36-60(56)76(73)82-64/h9-16,19-26,31-44,81,84H,5-8,17-18,27-30H2,1-4H3,(H,85,86)(H,87,88). The van der Waals surface area contributed by atoms with Crippen molar-refractivity contribution in [1.29, 1.82) is 0 Å². The summed E-state index contributed by atoms with van der Waals surface area (Å²) in [7, 11) is 6.52. The maximum absolute atomic E-state index is 11.4. The van der Waals surface area contributed by atoms with Crippen molar-refractivity contribution < 1.29 is 48.2 Å². The van der Waals surface area contributed by atoms with E-state index >= 15 is 0 Å². The Bertz CT molecular complexity index is 5050. The van der Waals surface area contributed by atoms with Gasteiger partial charge in [0.1, 0.15) is 0 Å². The number of nitrogens with zero attached hydrogens (tertiary/aromatic N) is 2. The monoisotopic (exact) mass is 1240 g/mol. The molecule has 4 N–H and O–H groups in total. The summed E-state index contributed by atoms with van der Waals surface area (Å²) >= 11 is 0. The number of aromatic amines is 2. The summed E-state index contributed by atoms with van der Waals surface area (Å²) in [5, 5.41) is 30.9. The van der Waals surface area contributed by atoms with Gasteiger partial charge in [-0.15, -0.1) is 0 Å². The van der Waals surface area contributed by atoms with Gasteiger partial charge in [0.05, 0.1) is 75.5 Å². The van der Waals surface area contributed by atoms with Crippen molar-refractivity contribution in [1.82, 2.24) is 19.9 Å². The van der Waals surface area contributed by atoms with E-state index < -0.39 is 11.9 Å². The first kappa shape index (κ1) is 59.0. The highest BCUT2D eigenvalue weighted by Gasteiger charge is 2.30. The van der Waals surface area contributed by atoms with Crippen molar-refractivity contribution in [2.45, 2.75) is 51.4 Å². The zero-order chi connectivity index (χ0) is 64.1. The molecule has 14 nitrogen and oxygen atoms in total. The summed E-state index contributed by atoms with van der Waals surface area (Å²) in [6.07, 6.45) is 3.94. The van der Waals surface area contributed by atoms with Crippen molar-refractivity contribution in [3.63, 3.8) is 0 Å². The summed E-state index contributed by atoms with van der Waals surface area (Å²) in [6, 6.07) is 64.1. The smallest absolute Gasteiger partial charge is 0.303 e. The number of hydrogen-bond acceptors (Lipinski definition) is 10. The molecule has 13 aromatic rings. The number of carbonyl (C=O) groups is 2. The number of aliphatic carboxylic acids is 2. The van der Waals surface area contributed by atoms with Gasteiger partial charge in [-0.25, -0.2) is 9.97 Å². The van der Waals surface area contributed by atoms with Crippen LogP contribution in [0.4, 0.5) is 0 Å². The molecular formula is C80H66N4O10. The Morgan fingerprint density at radius 2 is 0.681 bits per heavy atom. The molecule has 5 heterocycles. The lowest BCUT2D eigenvalue weighted by Gasteiger charge is -2.17. The second kappa shape index (κ2) is 24.7. The molecule has 8 bridgehead atoms. The van der Waals surface area contributed by atoms with Crippen LogP contribution >= 0.6 is 0 Å². The molecule has 10 aromatic carbocycles. The van der Waals surface area contributed by atoms with Gasteiger partial charge >= 0.3 is 11.9 Å². The molecule has 15 rings (SSSR count). The highest BCUT2D eigenvalue weighted by molar-refractivity contribution is 6.21. The number of benzene rings is 10. The number of hydrogen-bond donors (Lipinski definition) is 4. The third kappa shape index (κ3) is 10.7. The molecule has 0 saturated carbocycles. The largest absolute Gasteiger partial charge is 0.493 e. The van der Waals surface area contributed by atoms with Crippen LogP contribution in [-0.4, -0.2) is 83.7 Å². The average Bonchev–Trinajstić information content (AvgIpc) is 1.42. The van der Waals surface area contributed by atoms with Gasteiger partial charge in [0.15, 0.2) is 23.0 Å². The number of carboxylic acids is 2. The van der Waals surface area contributed by atoms with Gasteiger partial charge in [-0.1, -0.05) is 97.1 Å². The fourth-order valence-electron chi connectivity index (χ4n) is 13.7. The zero-order valence-corrected chi connectivity index (χ0v) is 52.4. The van der Waals surface area contributed by atoms with Gasteiger partial charge in [0.25, 0.3) is 0 Å². The molecule has 0 aliphatic carbocycles. The number of ether oxygens (including phenoxy) is 6. The molecule has 14 heteroatoms. The molecule has 0 amide bonds. The van der Waals surface area contributed by atoms with Crippen molar-refractivity contribution >= 4 is 98.6 Å². The maximum atomic E-state index is 11.4. The summed E-state index contributed by atoms with van der Waals surface area (Å²) in [5.41, 5.74) is 13.0. The van der Waals surface area contributed by atoms with Crippen molar-refractivity contribution in [2.24, 2.45) is 0 Å². The summed E-state index contributed by atoms with van der Waals surface area (Å²) in [4.78, 5) is 42.7. The average molecular weight is 1240 g/mol. The van der Waals surface area contributed by atoms with Gasteiger partial charge in [-0.3, -0.25) is 9.59 Å². The van der Waals surface area contributed by atoms with Crippen molar-refractivity contribution in [3.8, 4) is 102 Å². The molecule has 0 saturated heterocycles. The van der Waals surface area contributed by atoms with Gasteiger partial charge in [-0.2, -0.15) is 0 Å². The molecule has 3 aromatic heterocycles. The van der Waals surface area contributed by atoms with Crippen LogP contribution in [0.25, 0.3) is 154 Å². The highest BCUT2D eigenvalue weighted by atomic mass is 16.5. The fraction of sp³-hybridized carbons (Fsp3) is 0.175. The van der Waals surface area contributed by atoms with Crippen molar-refractivity contribution in [2.75, 3.05) is 41.7 Å². The molecule has 466 valence electrons. The first-order valence-electron chi connectivity index (χ1n) is 31.8. The normalized spacial score (nSPS) is 11.8. The predicted molar refractivity (Wildman–Crippen MR) is 375 cm³/mol. The molecule has 0 radical (unpaired) electrons. The molecule has 2 aliphatic heterocycles. The predicted octanol–water partition coefficient (Wildman–Crippen LogP) is 19.3. The minimum Gasteiger partial charge on any atom is -0.493 e. The van der Waals surface area contributed by atoms with Crippen LogP contribution < -0.4 is 28.4 Å². The highest BCUT2D eigenvalue weighted by Crippen LogP contribution is 2.53. The number of unbranched alkanes of at least 4 members (excludes halogenated alkanes) is 4. The topological polar surface area (TPSA) is 187 Å². The van der Waals surface area contributed by atoms with E-state index in [2.05, 4.69) is 168 Å². The maximum Gasteiger partial charge on any atom is 0.303 e. The van der Waals surface area contributed by atoms with Crippen LogP contribution in [0.1, 0.15) is 51.4 Å². The molecule has 0 atom stereocenters. The molecule has 94 heavy (non-hydrogen) atoms. The van der Waals surface area contributed by atoms with E-state index in [-0.39, 0.29) is 12.8 Å². The van der Waals surface area contributed by atoms with E-state index in [1.54, 1.807) is 28.4 Å². The van der Waals surface area contributed by atoms with E-state index in [0.29, 0.717) is 86.2 Å². The number of methoxy groups -OCH3 is 4. The number of H-pyrrole nitrogens is 2. The van der Waals surface area contributed by atoms with E-state index in [1.165, 1.54) is 0 Å². The van der Waals surface area contributed by atoms with Gasteiger partial charge < -0.3 is 48.6 Å². The zero-order valence-electron chi connectivity index (χ0n) is 52.4. The van der Waals surface area contributed by atoms with Crippen molar-refractivity contribution in [3.05, 3.63) is 182 Å². The van der Waals surface area contributed by atoms with Crippen LogP contribution in [0.5, 0.6) is 34.5 Å². The van der Waals surface area contributed by atoms with Crippen LogP contribution in [0, 0.1) is 0 Å². The Balaban J connectivity index is 1.10. The van der Waals surface area contributed by atoms with E-state index in [0.717, 1.165) is 154 Å². The minimum absolute atomic E-state index is 0.0977. The Kier molecular flexibility index (Phi) is 15.5. The summed E-state index contributed by atoms with van der Waals surface area (Å²) < 4.78 is 38.1. The van der Waals surface area contributed by atoms with Crippen LogP contribution in [0.3, 0.4) is 0 Å². The second-order valence-electron chi connectivity index (χ2n) is 24.1. The molecular weight excluding hydrogens is 1180 g/mol. The van der Waals surface area contributed by atoms with E-state index in [9.17, 15) is 19.8 Å². The van der Waals surface area contributed by atoms with Gasteiger partial charge in [0.2, 0.25) is 11.5 Å². The lowest BCUT2D eigenvalue weighted by atomic mass is 9.93. The minimum atomic E-state index is -0.818. The number of aromatic nitrogens is 4. The van der Waals surface area contributed by atoms with Crippen LogP contribution in [0.2, 0.25) is 0 Å². The Labute approximate surface area is 540 Å². The first-order chi connectivity index (χ1) is 46.0.